The van der Waals surface area contributed by atoms with Crippen molar-refractivity contribution in [1.82, 2.24) is 9.97 Å². The topological polar surface area (TPSA) is 100 Å². The van der Waals surface area contributed by atoms with Crippen molar-refractivity contribution in [3.05, 3.63) is 45.5 Å². The van der Waals surface area contributed by atoms with Crippen molar-refractivity contribution < 1.29 is 13.5 Å². The number of aromatic nitrogens is 2. The molecule has 1 heterocycles. The van der Waals surface area contributed by atoms with Gasteiger partial charge in [0.25, 0.3) is 5.56 Å². The average Bonchev–Trinajstić information content (AvgIpc) is 2.28. The number of aromatic amines is 1. The van der Waals surface area contributed by atoms with Crippen molar-refractivity contribution in [1.29, 1.82) is 0 Å². The summed E-state index contributed by atoms with van der Waals surface area (Å²) < 4.78 is 22.3. The van der Waals surface area contributed by atoms with Crippen molar-refractivity contribution in [2.45, 2.75) is 5.75 Å². The molecule has 0 aliphatic carbocycles. The molecule has 0 aliphatic heterocycles. The van der Waals surface area contributed by atoms with Crippen LogP contribution in [0.5, 0.6) is 5.88 Å². The predicted molar refractivity (Wildman–Crippen MR) is 75.5 cm³/mol. The fourth-order valence-corrected chi connectivity index (χ4v) is 2.46. The lowest BCUT2D eigenvalue weighted by Crippen LogP contribution is -2.16. The Morgan fingerprint density at radius 2 is 1.90 bits per heavy atom. The van der Waals surface area contributed by atoms with Crippen molar-refractivity contribution in [2.24, 2.45) is 0 Å². The summed E-state index contributed by atoms with van der Waals surface area (Å²) in [5.41, 5.74) is -0.205. The minimum Gasteiger partial charge on any atom is -0.493 e. The van der Waals surface area contributed by atoms with Crippen LogP contribution in [0.15, 0.2) is 29.1 Å². The monoisotopic (exact) mass is 314 g/mol. The van der Waals surface area contributed by atoms with Gasteiger partial charge < -0.3 is 10.1 Å². The summed E-state index contributed by atoms with van der Waals surface area (Å²) >= 11 is 5.75. The molecule has 6 nitrogen and oxygen atoms in total. The van der Waals surface area contributed by atoms with Crippen LogP contribution >= 0.6 is 11.6 Å². The molecule has 2 aromatic rings. The first-order chi connectivity index (χ1) is 9.26. The number of rotatable bonds is 3. The lowest BCUT2D eigenvalue weighted by molar-refractivity contribution is 0.451. The van der Waals surface area contributed by atoms with E-state index < -0.39 is 27.0 Å². The quantitative estimate of drug-likeness (QED) is 0.890. The van der Waals surface area contributed by atoms with Crippen LogP contribution in [0.2, 0.25) is 5.02 Å². The molecule has 0 atom stereocenters. The van der Waals surface area contributed by atoms with Crippen LogP contribution < -0.4 is 5.56 Å². The summed E-state index contributed by atoms with van der Waals surface area (Å²) in [7, 11) is -3.35. The number of H-pyrrole nitrogens is 1. The van der Waals surface area contributed by atoms with E-state index >= 15 is 0 Å². The van der Waals surface area contributed by atoms with Gasteiger partial charge in [-0.05, 0) is 17.7 Å². The van der Waals surface area contributed by atoms with E-state index in [-0.39, 0.29) is 11.4 Å². The summed E-state index contributed by atoms with van der Waals surface area (Å²) in [6, 6.07) is 6.26. The highest BCUT2D eigenvalue weighted by atomic mass is 35.5. The highest BCUT2D eigenvalue weighted by molar-refractivity contribution is 7.89. The number of sulfone groups is 1. The zero-order valence-electron chi connectivity index (χ0n) is 10.4. The van der Waals surface area contributed by atoms with Gasteiger partial charge >= 0.3 is 0 Å². The maximum absolute atomic E-state index is 11.9. The molecule has 0 fully saturated rings. The second kappa shape index (κ2) is 5.26. The standard InChI is InChI=1S/C12H11ClN2O4S/c1-20(18,19)6-9-14-11(16)10(12(17)15-9)7-2-4-8(13)5-3-7/h2-5H,6H2,1H3,(H2,14,15,16,17). The van der Waals surface area contributed by atoms with Gasteiger partial charge in [0.05, 0.1) is 0 Å². The molecule has 2 rings (SSSR count). The Labute approximate surface area is 120 Å². The number of aromatic hydroxyl groups is 1. The molecule has 0 amide bonds. The molecule has 0 bridgehead atoms. The van der Waals surface area contributed by atoms with Crippen molar-refractivity contribution in [2.75, 3.05) is 6.26 Å². The van der Waals surface area contributed by atoms with Crippen LogP contribution in [-0.2, 0) is 15.6 Å². The molecule has 106 valence electrons. The largest absolute Gasteiger partial charge is 0.493 e. The normalized spacial score (nSPS) is 11.5. The number of nitrogens with one attached hydrogen (secondary N) is 1. The highest BCUT2D eigenvalue weighted by Crippen LogP contribution is 2.24. The fraction of sp³-hybridized carbons (Fsp3) is 0.167. The van der Waals surface area contributed by atoms with Gasteiger partial charge in [-0.15, -0.1) is 0 Å². The van der Waals surface area contributed by atoms with E-state index in [4.69, 9.17) is 11.6 Å². The van der Waals surface area contributed by atoms with E-state index in [2.05, 4.69) is 9.97 Å². The first-order valence-electron chi connectivity index (χ1n) is 5.52. The third-order valence-electron chi connectivity index (χ3n) is 2.48. The Kier molecular flexibility index (Phi) is 3.82. The van der Waals surface area contributed by atoms with Gasteiger partial charge in [0.15, 0.2) is 9.84 Å². The van der Waals surface area contributed by atoms with Crippen LogP contribution in [-0.4, -0.2) is 29.7 Å². The van der Waals surface area contributed by atoms with Gasteiger partial charge in [0, 0.05) is 11.3 Å². The minimum absolute atomic E-state index is 0.0288. The van der Waals surface area contributed by atoms with E-state index in [0.29, 0.717) is 10.6 Å². The van der Waals surface area contributed by atoms with E-state index in [1.807, 2.05) is 0 Å². The van der Waals surface area contributed by atoms with Gasteiger partial charge in [-0.25, -0.2) is 8.42 Å². The zero-order valence-corrected chi connectivity index (χ0v) is 12.0. The Morgan fingerprint density at radius 3 is 2.40 bits per heavy atom. The minimum atomic E-state index is -3.35. The second-order valence-electron chi connectivity index (χ2n) is 4.29. The number of halogens is 1. The molecular formula is C12H11ClN2O4S. The fourth-order valence-electron chi connectivity index (χ4n) is 1.70. The van der Waals surface area contributed by atoms with Crippen molar-refractivity contribution in [3.8, 4) is 17.0 Å². The highest BCUT2D eigenvalue weighted by Gasteiger charge is 2.15. The Balaban J connectivity index is 2.52. The van der Waals surface area contributed by atoms with Crippen LogP contribution in [0.3, 0.4) is 0 Å². The number of nitrogens with zero attached hydrogens (tertiary/aromatic N) is 1. The van der Waals surface area contributed by atoms with Crippen LogP contribution in [0.1, 0.15) is 5.82 Å². The predicted octanol–water partition coefficient (Wildman–Crippen LogP) is 1.34. The zero-order chi connectivity index (χ0) is 14.9. The number of benzene rings is 1. The maximum atomic E-state index is 11.9. The van der Waals surface area contributed by atoms with E-state index in [1.165, 1.54) is 0 Å². The molecule has 0 saturated carbocycles. The number of hydrogen-bond acceptors (Lipinski definition) is 5. The summed E-state index contributed by atoms with van der Waals surface area (Å²) in [6.45, 7) is 0. The van der Waals surface area contributed by atoms with Crippen LogP contribution in [0.25, 0.3) is 11.1 Å². The SMILES string of the molecule is CS(=O)(=O)Cc1nc(O)c(-c2ccc(Cl)cc2)c(=O)[nH]1. The van der Waals surface area contributed by atoms with Crippen molar-refractivity contribution in [3.63, 3.8) is 0 Å². The van der Waals surface area contributed by atoms with Gasteiger partial charge in [-0.3, -0.25) is 4.79 Å². The molecular weight excluding hydrogens is 304 g/mol. The average molecular weight is 315 g/mol. The molecule has 0 spiro atoms. The smallest absolute Gasteiger partial charge is 0.262 e. The third kappa shape index (κ3) is 3.37. The maximum Gasteiger partial charge on any atom is 0.262 e. The molecule has 0 saturated heterocycles. The van der Waals surface area contributed by atoms with Gasteiger partial charge in [0.1, 0.15) is 17.1 Å². The molecule has 0 aliphatic rings. The Hall–Kier alpha value is -1.86. The van der Waals surface area contributed by atoms with Crippen LogP contribution in [0.4, 0.5) is 0 Å². The summed E-state index contributed by atoms with van der Waals surface area (Å²) in [5.74, 6) is -1.07. The molecule has 20 heavy (non-hydrogen) atoms. The second-order valence-corrected chi connectivity index (χ2v) is 6.86. The molecule has 8 heteroatoms. The number of hydrogen-bond donors (Lipinski definition) is 2. The molecule has 1 aromatic heterocycles. The molecule has 0 unspecified atom stereocenters. The molecule has 1 aromatic carbocycles. The van der Waals surface area contributed by atoms with Gasteiger partial charge in [-0.1, -0.05) is 23.7 Å². The van der Waals surface area contributed by atoms with E-state index in [1.54, 1.807) is 24.3 Å². The van der Waals surface area contributed by atoms with Gasteiger partial charge in [-0.2, -0.15) is 4.98 Å². The van der Waals surface area contributed by atoms with Crippen molar-refractivity contribution >= 4 is 21.4 Å². The van der Waals surface area contributed by atoms with E-state index in [9.17, 15) is 18.3 Å². The summed E-state index contributed by atoms with van der Waals surface area (Å²) in [5, 5.41) is 10.3. The molecule has 2 N–H and O–H groups in total. The first-order valence-corrected chi connectivity index (χ1v) is 7.96. The summed E-state index contributed by atoms with van der Waals surface area (Å²) in [4.78, 5) is 18.0. The Bertz CT molecular complexity index is 797. The molecule has 0 radical (unpaired) electrons. The van der Waals surface area contributed by atoms with E-state index in [0.717, 1.165) is 6.26 Å². The third-order valence-corrected chi connectivity index (χ3v) is 3.53. The van der Waals surface area contributed by atoms with Gasteiger partial charge in [0.2, 0.25) is 5.88 Å². The lowest BCUT2D eigenvalue weighted by atomic mass is 10.1. The summed E-state index contributed by atoms with van der Waals surface area (Å²) in [6.07, 6.45) is 1.01. The Morgan fingerprint density at radius 1 is 1.30 bits per heavy atom. The van der Waals surface area contributed by atoms with Crippen LogP contribution in [0, 0.1) is 0 Å². The lowest BCUT2D eigenvalue weighted by Gasteiger charge is -2.05. The first kappa shape index (κ1) is 14.5.